The van der Waals surface area contributed by atoms with Crippen molar-refractivity contribution in [2.45, 2.75) is 24.4 Å². The predicted molar refractivity (Wildman–Crippen MR) is 44.7 cm³/mol. The van der Waals surface area contributed by atoms with Crippen LogP contribution in [-0.4, -0.2) is 50.8 Å². The van der Waals surface area contributed by atoms with Gasteiger partial charge in [0.2, 0.25) is 0 Å². The Labute approximate surface area is 81.2 Å². The fourth-order valence-corrected chi connectivity index (χ4v) is 1.66. The van der Waals surface area contributed by atoms with Gasteiger partial charge in [0, 0.05) is 7.11 Å². The number of hydrogen-bond donors (Lipinski definition) is 1. The summed E-state index contributed by atoms with van der Waals surface area (Å²) in [5, 5.41) is 0. The standard InChI is InChI=1S/C8H13NO5/c1-11-4(2-13-8(9)10)6-7-5(14-7)3-12-6/h4-7H,2-3H2,1H3,(H2,9,10)/t4-,5+,6-,7+/m1/s1. The Hall–Kier alpha value is -0.850. The summed E-state index contributed by atoms with van der Waals surface area (Å²) in [5.74, 6) is 0. The van der Waals surface area contributed by atoms with Crippen LogP contribution in [0.25, 0.3) is 0 Å². The van der Waals surface area contributed by atoms with Gasteiger partial charge in [-0.05, 0) is 0 Å². The molecule has 6 nitrogen and oxygen atoms in total. The second kappa shape index (κ2) is 3.72. The number of primary amides is 1. The van der Waals surface area contributed by atoms with E-state index in [0.717, 1.165) is 0 Å². The summed E-state index contributed by atoms with van der Waals surface area (Å²) in [6.45, 7) is 0.689. The first-order valence-electron chi connectivity index (χ1n) is 4.44. The van der Waals surface area contributed by atoms with Crippen LogP contribution in [-0.2, 0) is 18.9 Å². The molecule has 1 amide bonds. The molecule has 0 saturated carbocycles. The van der Waals surface area contributed by atoms with E-state index in [1.165, 1.54) is 7.11 Å². The highest BCUT2D eigenvalue weighted by atomic mass is 16.7. The molecule has 2 saturated heterocycles. The zero-order valence-electron chi connectivity index (χ0n) is 7.84. The number of ether oxygens (including phenoxy) is 4. The van der Waals surface area contributed by atoms with E-state index >= 15 is 0 Å². The third kappa shape index (κ3) is 1.82. The molecule has 80 valence electrons. The average molecular weight is 203 g/mol. The van der Waals surface area contributed by atoms with Gasteiger partial charge >= 0.3 is 6.09 Å². The number of hydrogen-bond acceptors (Lipinski definition) is 5. The van der Waals surface area contributed by atoms with Gasteiger partial charge in [-0.2, -0.15) is 0 Å². The molecule has 0 unspecified atom stereocenters. The molecule has 2 N–H and O–H groups in total. The highest BCUT2D eigenvalue weighted by Gasteiger charge is 2.54. The lowest BCUT2D eigenvalue weighted by molar-refractivity contribution is -0.0833. The van der Waals surface area contributed by atoms with Crippen LogP contribution in [0.5, 0.6) is 0 Å². The van der Waals surface area contributed by atoms with Crippen molar-refractivity contribution in [1.29, 1.82) is 0 Å². The number of methoxy groups -OCH3 is 1. The van der Waals surface area contributed by atoms with Gasteiger partial charge in [0.1, 0.15) is 31.0 Å². The quantitative estimate of drug-likeness (QED) is 0.608. The van der Waals surface area contributed by atoms with Gasteiger partial charge in [-0.1, -0.05) is 0 Å². The molecule has 0 spiro atoms. The summed E-state index contributed by atoms with van der Waals surface area (Å²) >= 11 is 0. The monoisotopic (exact) mass is 203 g/mol. The average Bonchev–Trinajstić information content (AvgIpc) is 2.82. The number of fused-ring (bicyclic) bond motifs is 1. The molecule has 0 aromatic heterocycles. The molecule has 14 heavy (non-hydrogen) atoms. The van der Waals surface area contributed by atoms with Crippen molar-refractivity contribution in [3.63, 3.8) is 0 Å². The van der Waals surface area contributed by atoms with Crippen LogP contribution in [0.4, 0.5) is 4.79 Å². The summed E-state index contributed by atoms with van der Waals surface area (Å²) in [4.78, 5) is 10.4. The number of carbonyl (C=O) groups is 1. The maximum absolute atomic E-state index is 10.4. The van der Waals surface area contributed by atoms with Gasteiger partial charge in [0.05, 0.1) is 6.61 Å². The minimum Gasteiger partial charge on any atom is -0.447 e. The molecule has 2 aliphatic heterocycles. The Morgan fingerprint density at radius 3 is 2.93 bits per heavy atom. The summed E-state index contributed by atoms with van der Waals surface area (Å²) in [7, 11) is 1.54. The van der Waals surface area contributed by atoms with E-state index in [2.05, 4.69) is 4.74 Å². The highest BCUT2D eigenvalue weighted by molar-refractivity contribution is 5.64. The summed E-state index contributed by atoms with van der Waals surface area (Å²) in [5.41, 5.74) is 4.85. The van der Waals surface area contributed by atoms with Crippen molar-refractivity contribution in [2.24, 2.45) is 5.73 Å². The molecule has 2 fully saturated rings. The van der Waals surface area contributed by atoms with Crippen molar-refractivity contribution in [1.82, 2.24) is 0 Å². The van der Waals surface area contributed by atoms with Crippen molar-refractivity contribution >= 4 is 6.09 Å². The van der Waals surface area contributed by atoms with Gasteiger partial charge in [-0.15, -0.1) is 0 Å². The van der Waals surface area contributed by atoms with Crippen LogP contribution >= 0.6 is 0 Å². The Morgan fingerprint density at radius 1 is 1.71 bits per heavy atom. The Bertz CT molecular complexity index is 234. The minimum atomic E-state index is -0.807. The molecule has 2 rings (SSSR count). The lowest BCUT2D eigenvalue weighted by atomic mass is 10.1. The molecular weight excluding hydrogens is 190 g/mol. The van der Waals surface area contributed by atoms with Gasteiger partial charge < -0.3 is 24.7 Å². The van der Waals surface area contributed by atoms with E-state index in [4.69, 9.17) is 19.9 Å². The number of epoxide rings is 1. The predicted octanol–water partition coefficient (Wildman–Crippen LogP) is -0.737. The number of carbonyl (C=O) groups excluding carboxylic acids is 1. The normalized spacial score (nSPS) is 36.2. The summed E-state index contributed by atoms with van der Waals surface area (Å²) in [6, 6.07) is 0. The fourth-order valence-electron chi connectivity index (χ4n) is 1.66. The lowest BCUT2D eigenvalue weighted by Gasteiger charge is -2.21. The second-order valence-corrected chi connectivity index (χ2v) is 3.34. The first-order valence-corrected chi connectivity index (χ1v) is 4.44. The zero-order chi connectivity index (χ0) is 10.1. The SMILES string of the molecule is CO[C@H](COC(N)=O)[C@H]1OC[C@@H]2O[C@H]12. The minimum absolute atomic E-state index is 0.0939. The molecule has 0 radical (unpaired) electrons. The molecule has 2 aliphatic rings. The maximum Gasteiger partial charge on any atom is 0.404 e. The van der Waals surface area contributed by atoms with Crippen LogP contribution in [0.15, 0.2) is 0 Å². The first-order chi connectivity index (χ1) is 6.72. The second-order valence-electron chi connectivity index (χ2n) is 3.34. The van der Waals surface area contributed by atoms with Crippen LogP contribution in [0.3, 0.4) is 0 Å². The summed E-state index contributed by atoms with van der Waals surface area (Å²) in [6.07, 6.45) is -0.967. The van der Waals surface area contributed by atoms with E-state index in [-0.39, 0.29) is 31.0 Å². The molecule has 6 heteroatoms. The van der Waals surface area contributed by atoms with E-state index in [0.29, 0.717) is 6.61 Å². The van der Waals surface area contributed by atoms with Gasteiger partial charge in [-0.3, -0.25) is 0 Å². The topological polar surface area (TPSA) is 83.3 Å². The molecule has 0 aliphatic carbocycles. The Morgan fingerprint density at radius 2 is 2.50 bits per heavy atom. The van der Waals surface area contributed by atoms with E-state index < -0.39 is 6.09 Å². The maximum atomic E-state index is 10.4. The molecule has 2 heterocycles. The van der Waals surface area contributed by atoms with Crippen LogP contribution in [0.1, 0.15) is 0 Å². The number of nitrogens with two attached hydrogens (primary N) is 1. The van der Waals surface area contributed by atoms with Crippen molar-refractivity contribution < 1.29 is 23.7 Å². The van der Waals surface area contributed by atoms with Crippen molar-refractivity contribution in [3.05, 3.63) is 0 Å². The van der Waals surface area contributed by atoms with Gasteiger partial charge in [-0.25, -0.2) is 4.79 Å². The van der Waals surface area contributed by atoms with Crippen molar-refractivity contribution in [2.75, 3.05) is 20.3 Å². The van der Waals surface area contributed by atoms with Gasteiger partial charge in [0.25, 0.3) is 0 Å². The fraction of sp³-hybridized carbons (Fsp3) is 0.875. The van der Waals surface area contributed by atoms with Gasteiger partial charge in [0.15, 0.2) is 0 Å². The largest absolute Gasteiger partial charge is 0.447 e. The third-order valence-electron chi connectivity index (χ3n) is 2.46. The molecular formula is C8H13NO5. The molecule has 0 aromatic rings. The molecule has 0 aromatic carbocycles. The molecule has 4 atom stereocenters. The number of amides is 1. The summed E-state index contributed by atoms with van der Waals surface area (Å²) < 4.78 is 20.5. The van der Waals surface area contributed by atoms with Crippen molar-refractivity contribution in [3.8, 4) is 0 Å². The molecule has 0 bridgehead atoms. The third-order valence-corrected chi connectivity index (χ3v) is 2.46. The first kappa shape index (κ1) is 9.70. The Kier molecular flexibility index (Phi) is 2.58. The van der Waals surface area contributed by atoms with Crippen LogP contribution in [0.2, 0.25) is 0 Å². The Balaban J connectivity index is 1.82. The van der Waals surface area contributed by atoms with Crippen LogP contribution in [0, 0.1) is 0 Å². The smallest absolute Gasteiger partial charge is 0.404 e. The van der Waals surface area contributed by atoms with E-state index in [1.807, 2.05) is 0 Å². The lowest BCUT2D eigenvalue weighted by Crippen LogP contribution is -2.37. The zero-order valence-corrected chi connectivity index (χ0v) is 7.84. The van der Waals surface area contributed by atoms with E-state index in [1.54, 1.807) is 0 Å². The number of rotatable bonds is 4. The highest BCUT2D eigenvalue weighted by Crippen LogP contribution is 2.36. The van der Waals surface area contributed by atoms with Crippen LogP contribution < -0.4 is 5.73 Å². The van der Waals surface area contributed by atoms with E-state index in [9.17, 15) is 4.79 Å².